The number of anilines is 3. The average molecular weight is 321 g/mol. The molecule has 2 aromatic rings. The first-order valence-corrected chi connectivity index (χ1v) is 8.75. The van der Waals surface area contributed by atoms with E-state index in [1.165, 1.54) is 0 Å². The van der Waals surface area contributed by atoms with Crippen molar-refractivity contribution in [3.63, 3.8) is 0 Å². The standard InChI is InChI=1S/C20H23N3O/c1-13(2)15-10-16(11-15)20(24)23-12-14-6-5-9-21-19(14)22-17-7-3-4-8-18(17)23/h3-9,13,15-16H,10-12H2,1-2H3,(H,21,22). The van der Waals surface area contributed by atoms with Crippen LogP contribution in [0.15, 0.2) is 42.6 Å². The Labute approximate surface area is 142 Å². The lowest BCUT2D eigenvalue weighted by Gasteiger charge is -2.39. The number of para-hydroxylation sites is 2. The van der Waals surface area contributed by atoms with Crippen molar-refractivity contribution in [3.8, 4) is 0 Å². The molecule has 124 valence electrons. The largest absolute Gasteiger partial charge is 0.338 e. The van der Waals surface area contributed by atoms with Crippen molar-refractivity contribution in [1.29, 1.82) is 0 Å². The molecule has 0 bridgehead atoms. The van der Waals surface area contributed by atoms with Crippen LogP contribution in [-0.2, 0) is 11.3 Å². The molecule has 2 aliphatic rings. The average Bonchev–Trinajstić information content (AvgIpc) is 2.69. The van der Waals surface area contributed by atoms with Crippen LogP contribution >= 0.6 is 0 Å². The number of carbonyl (C=O) groups excluding carboxylic acids is 1. The highest BCUT2D eigenvalue weighted by Gasteiger charge is 2.39. The van der Waals surface area contributed by atoms with Gasteiger partial charge in [-0.05, 0) is 42.9 Å². The molecule has 1 saturated carbocycles. The van der Waals surface area contributed by atoms with Gasteiger partial charge in [0.1, 0.15) is 5.82 Å². The number of hydrogen-bond donors (Lipinski definition) is 1. The highest BCUT2D eigenvalue weighted by atomic mass is 16.2. The van der Waals surface area contributed by atoms with Crippen molar-refractivity contribution >= 4 is 23.1 Å². The number of amides is 1. The molecule has 0 spiro atoms. The number of hydrogen-bond acceptors (Lipinski definition) is 3. The Morgan fingerprint density at radius 1 is 1.21 bits per heavy atom. The van der Waals surface area contributed by atoms with E-state index >= 15 is 0 Å². The van der Waals surface area contributed by atoms with Gasteiger partial charge in [0.05, 0.1) is 17.9 Å². The van der Waals surface area contributed by atoms with Gasteiger partial charge in [-0.2, -0.15) is 0 Å². The Kier molecular flexibility index (Phi) is 3.75. The number of pyridine rings is 1. The Balaban J connectivity index is 1.66. The van der Waals surface area contributed by atoms with E-state index in [1.807, 2.05) is 41.3 Å². The lowest BCUT2D eigenvalue weighted by Crippen LogP contribution is -2.42. The molecule has 24 heavy (non-hydrogen) atoms. The zero-order valence-electron chi connectivity index (χ0n) is 14.2. The van der Waals surface area contributed by atoms with E-state index in [2.05, 4.69) is 24.1 Å². The Hall–Kier alpha value is -2.36. The first kappa shape index (κ1) is 15.2. The third kappa shape index (κ3) is 2.56. The summed E-state index contributed by atoms with van der Waals surface area (Å²) in [7, 11) is 0. The number of rotatable bonds is 2. The maximum absolute atomic E-state index is 13.2. The van der Waals surface area contributed by atoms with Gasteiger partial charge in [0, 0.05) is 17.7 Å². The summed E-state index contributed by atoms with van der Waals surface area (Å²) in [6, 6.07) is 12.0. The normalized spacial score (nSPS) is 22.0. The van der Waals surface area contributed by atoms with Gasteiger partial charge < -0.3 is 10.2 Å². The molecule has 1 aromatic carbocycles. The topological polar surface area (TPSA) is 45.2 Å². The predicted octanol–water partition coefficient (Wildman–Crippen LogP) is 4.35. The summed E-state index contributed by atoms with van der Waals surface area (Å²) < 4.78 is 0. The predicted molar refractivity (Wildman–Crippen MR) is 96.2 cm³/mol. The number of aromatic nitrogens is 1. The smallest absolute Gasteiger partial charge is 0.230 e. The second kappa shape index (κ2) is 5.93. The lowest BCUT2D eigenvalue weighted by atomic mass is 9.69. The highest BCUT2D eigenvalue weighted by Crippen LogP contribution is 2.42. The molecule has 1 N–H and O–H groups in total. The Bertz CT molecular complexity index is 765. The first-order valence-electron chi connectivity index (χ1n) is 8.75. The molecular formula is C20H23N3O. The van der Waals surface area contributed by atoms with E-state index in [0.717, 1.165) is 35.6 Å². The van der Waals surface area contributed by atoms with E-state index in [0.29, 0.717) is 18.4 Å². The Morgan fingerprint density at radius 3 is 2.79 bits per heavy atom. The number of nitrogens with zero attached hydrogens (tertiary/aromatic N) is 2. The molecule has 1 aliphatic heterocycles. The van der Waals surface area contributed by atoms with Crippen LogP contribution in [0.3, 0.4) is 0 Å². The van der Waals surface area contributed by atoms with Crippen LogP contribution in [0.5, 0.6) is 0 Å². The fourth-order valence-corrected chi connectivity index (χ4v) is 3.70. The van der Waals surface area contributed by atoms with Crippen LogP contribution in [0.2, 0.25) is 0 Å². The Morgan fingerprint density at radius 2 is 2.00 bits per heavy atom. The minimum Gasteiger partial charge on any atom is -0.338 e. The van der Waals surface area contributed by atoms with Crippen molar-refractivity contribution in [3.05, 3.63) is 48.2 Å². The minimum atomic E-state index is 0.156. The van der Waals surface area contributed by atoms with Gasteiger partial charge in [0.2, 0.25) is 5.91 Å². The molecule has 4 rings (SSSR count). The molecule has 1 aromatic heterocycles. The second-order valence-electron chi connectivity index (χ2n) is 7.25. The number of nitrogens with one attached hydrogen (secondary N) is 1. The summed E-state index contributed by atoms with van der Waals surface area (Å²) in [4.78, 5) is 19.5. The number of benzene rings is 1. The SMILES string of the molecule is CC(C)C1CC(C(=O)N2Cc3cccnc3Nc3ccccc32)C1. The molecule has 0 saturated heterocycles. The summed E-state index contributed by atoms with van der Waals surface area (Å²) in [6.07, 6.45) is 3.82. The van der Waals surface area contributed by atoms with E-state index in [9.17, 15) is 4.79 Å². The van der Waals surface area contributed by atoms with Gasteiger partial charge in [-0.15, -0.1) is 0 Å². The van der Waals surface area contributed by atoms with Gasteiger partial charge in [-0.25, -0.2) is 4.98 Å². The third-order valence-electron chi connectivity index (χ3n) is 5.40. The summed E-state index contributed by atoms with van der Waals surface area (Å²) in [5.74, 6) is 2.60. The van der Waals surface area contributed by atoms with Crippen molar-refractivity contribution in [1.82, 2.24) is 4.98 Å². The summed E-state index contributed by atoms with van der Waals surface area (Å²) >= 11 is 0. The number of fused-ring (bicyclic) bond motifs is 2. The van der Waals surface area contributed by atoms with Crippen LogP contribution in [-0.4, -0.2) is 10.9 Å². The van der Waals surface area contributed by atoms with Crippen molar-refractivity contribution in [2.75, 3.05) is 10.2 Å². The van der Waals surface area contributed by atoms with Gasteiger partial charge >= 0.3 is 0 Å². The highest BCUT2D eigenvalue weighted by molar-refractivity contribution is 5.99. The molecule has 1 aliphatic carbocycles. The monoisotopic (exact) mass is 321 g/mol. The minimum absolute atomic E-state index is 0.156. The van der Waals surface area contributed by atoms with E-state index in [4.69, 9.17) is 0 Å². The zero-order chi connectivity index (χ0) is 16.7. The summed E-state index contributed by atoms with van der Waals surface area (Å²) in [5, 5.41) is 3.38. The first-order chi connectivity index (χ1) is 11.6. The maximum Gasteiger partial charge on any atom is 0.230 e. The van der Waals surface area contributed by atoms with E-state index in [-0.39, 0.29) is 11.8 Å². The van der Waals surface area contributed by atoms with Crippen molar-refractivity contribution < 1.29 is 4.79 Å². The molecule has 2 heterocycles. The molecule has 1 amide bonds. The number of carbonyl (C=O) groups is 1. The van der Waals surface area contributed by atoms with E-state index in [1.54, 1.807) is 6.20 Å². The van der Waals surface area contributed by atoms with E-state index < -0.39 is 0 Å². The zero-order valence-corrected chi connectivity index (χ0v) is 14.2. The van der Waals surface area contributed by atoms with Gasteiger partial charge in [-0.3, -0.25) is 4.79 Å². The van der Waals surface area contributed by atoms with Gasteiger partial charge in [0.25, 0.3) is 0 Å². The van der Waals surface area contributed by atoms with Crippen LogP contribution in [0.25, 0.3) is 0 Å². The fraction of sp³-hybridized carbons (Fsp3) is 0.400. The molecule has 0 radical (unpaired) electrons. The van der Waals surface area contributed by atoms with Crippen LogP contribution in [0, 0.1) is 17.8 Å². The molecule has 4 nitrogen and oxygen atoms in total. The quantitative estimate of drug-likeness (QED) is 0.894. The van der Waals surface area contributed by atoms with Crippen molar-refractivity contribution in [2.24, 2.45) is 17.8 Å². The van der Waals surface area contributed by atoms with Crippen LogP contribution in [0.1, 0.15) is 32.3 Å². The molecule has 4 heteroatoms. The fourth-order valence-electron chi connectivity index (χ4n) is 3.70. The summed E-state index contributed by atoms with van der Waals surface area (Å²) in [6.45, 7) is 5.08. The van der Waals surface area contributed by atoms with Crippen LogP contribution in [0.4, 0.5) is 17.2 Å². The van der Waals surface area contributed by atoms with Gasteiger partial charge in [0.15, 0.2) is 0 Å². The summed E-state index contributed by atoms with van der Waals surface area (Å²) in [5.41, 5.74) is 2.96. The molecule has 1 fully saturated rings. The molecule has 0 unspecified atom stereocenters. The van der Waals surface area contributed by atoms with Gasteiger partial charge in [-0.1, -0.05) is 32.0 Å². The van der Waals surface area contributed by atoms with Crippen molar-refractivity contribution in [2.45, 2.75) is 33.2 Å². The molecular weight excluding hydrogens is 298 g/mol. The maximum atomic E-state index is 13.2. The lowest BCUT2D eigenvalue weighted by molar-refractivity contribution is -0.127. The third-order valence-corrected chi connectivity index (χ3v) is 5.40. The van der Waals surface area contributed by atoms with Crippen LogP contribution < -0.4 is 10.2 Å². The second-order valence-corrected chi connectivity index (χ2v) is 7.25. The molecule has 0 atom stereocenters.